The molecule has 0 atom stereocenters. The SMILES string of the molecule is Cc1cc(C(=O)N2CCCN2C(=O)CSCCS(=O)(=O)c2ccccc2)no1. The van der Waals surface area contributed by atoms with Crippen LogP contribution in [0.25, 0.3) is 0 Å². The molecule has 1 aliphatic heterocycles. The third kappa shape index (κ3) is 4.74. The normalized spacial score (nSPS) is 14.5. The Morgan fingerprint density at radius 2 is 1.89 bits per heavy atom. The van der Waals surface area contributed by atoms with E-state index in [0.29, 0.717) is 31.0 Å². The summed E-state index contributed by atoms with van der Waals surface area (Å²) in [5, 5.41) is 6.49. The second kappa shape index (κ2) is 8.78. The molecule has 1 aromatic heterocycles. The van der Waals surface area contributed by atoms with Crippen molar-refractivity contribution in [2.24, 2.45) is 0 Å². The highest BCUT2D eigenvalue weighted by molar-refractivity contribution is 8.01. The Kier molecular flexibility index (Phi) is 6.40. The molecule has 1 aromatic carbocycles. The van der Waals surface area contributed by atoms with Gasteiger partial charge in [0.1, 0.15) is 5.76 Å². The summed E-state index contributed by atoms with van der Waals surface area (Å²) in [5.41, 5.74) is 0.166. The summed E-state index contributed by atoms with van der Waals surface area (Å²) in [6.45, 7) is 2.57. The molecule has 0 aliphatic carbocycles. The van der Waals surface area contributed by atoms with E-state index in [0.717, 1.165) is 0 Å². The molecule has 0 N–H and O–H groups in total. The number of amides is 2. The van der Waals surface area contributed by atoms with Gasteiger partial charge in [-0.2, -0.15) is 11.8 Å². The molecule has 28 heavy (non-hydrogen) atoms. The van der Waals surface area contributed by atoms with Crippen LogP contribution in [0.2, 0.25) is 0 Å². The van der Waals surface area contributed by atoms with E-state index in [-0.39, 0.29) is 33.9 Å². The highest BCUT2D eigenvalue weighted by atomic mass is 32.2. The molecule has 2 amide bonds. The average Bonchev–Trinajstić information content (AvgIpc) is 3.34. The average molecular weight is 424 g/mol. The van der Waals surface area contributed by atoms with Crippen LogP contribution in [0.5, 0.6) is 0 Å². The zero-order valence-corrected chi connectivity index (χ0v) is 17.0. The Morgan fingerprint density at radius 3 is 2.57 bits per heavy atom. The van der Waals surface area contributed by atoms with Crippen LogP contribution in [0.4, 0.5) is 0 Å². The molecule has 0 bridgehead atoms. The Hall–Kier alpha value is -2.33. The van der Waals surface area contributed by atoms with Crippen LogP contribution in [-0.2, 0) is 14.6 Å². The maximum absolute atomic E-state index is 12.5. The maximum Gasteiger partial charge on any atom is 0.294 e. The van der Waals surface area contributed by atoms with Crippen molar-refractivity contribution in [3.63, 3.8) is 0 Å². The number of thioether (sulfide) groups is 1. The minimum atomic E-state index is -3.36. The molecule has 2 aromatic rings. The minimum Gasteiger partial charge on any atom is -0.361 e. The van der Waals surface area contributed by atoms with Gasteiger partial charge in [-0.25, -0.2) is 13.4 Å². The van der Waals surface area contributed by atoms with Crippen molar-refractivity contribution in [2.45, 2.75) is 18.2 Å². The molecule has 0 saturated carbocycles. The van der Waals surface area contributed by atoms with E-state index in [9.17, 15) is 18.0 Å². The monoisotopic (exact) mass is 423 g/mol. The first-order valence-corrected chi connectivity index (χ1v) is 11.6. The highest BCUT2D eigenvalue weighted by Gasteiger charge is 2.32. The van der Waals surface area contributed by atoms with Gasteiger partial charge < -0.3 is 4.52 Å². The molecule has 0 unspecified atom stereocenters. The number of benzene rings is 1. The largest absolute Gasteiger partial charge is 0.361 e. The van der Waals surface area contributed by atoms with Gasteiger partial charge in [-0.15, -0.1) is 0 Å². The van der Waals surface area contributed by atoms with Crippen molar-refractivity contribution < 1.29 is 22.5 Å². The first-order chi connectivity index (χ1) is 13.4. The van der Waals surface area contributed by atoms with Crippen molar-refractivity contribution >= 4 is 33.4 Å². The van der Waals surface area contributed by atoms with Crippen LogP contribution >= 0.6 is 11.8 Å². The number of carbonyl (C=O) groups excluding carboxylic acids is 2. The third-order valence-corrected chi connectivity index (χ3v) is 7.16. The van der Waals surface area contributed by atoms with E-state index in [4.69, 9.17) is 4.52 Å². The minimum absolute atomic E-state index is 0.0458. The van der Waals surface area contributed by atoms with E-state index in [2.05, 4.69) is 5.16 Å². The number of aryl methyl sites for hydroxylation is 1. The smallest absolute Gasteiger partial charge is 0.294 e. The predicted octanol–water partition coefficient (Wildman–Crippen LogP) is 1.78. The van der Waals surface area contributed by atoms with Crippen LogP contribution < -0.4 is 0 Å². The first kappa shape index (κ1) is 20.4. The summed E-state index contributed by atoms with van der Waals surface area (Å²) in [7, 11) is -3.36. The molecular weight excluding hydrogens is 402 g/mol. The Bertz CT molecular complexity index is 943. The molecule has 1 aliphatic rings. The molecular formula is C18H21N3O5S2. The summed E-state index contributed by atoms with van der Waals surface area (Å²) in [6, 6.07) is 9.77. The standard InChI is InChI=1S/C18H21N3O5S2/c1-14-12-16(19-26-14)18(23)21-9-5-8-20(21)17(22)13-27-10-11-28(24,25)15-6-3-2-4-7-15/h2-4,6-7,12H,5,8-11,13H2,1H3. The Morgan fingerprint density at radius 1 is 1.18 bits per heavy atom. The van der Waals surface area contributed by atoms with E-state index in [1.54, 1.807) is 37.3 Å². The third-order valence-electron chi connectivity index (χ3n) is 4.22. The lowest BCUT2D eigenvalue weighted by atomic mass is 10.3. The maximum atomic E-state index is 12.5. The molecule has 2 heterocycles. The summed E-state index contributed by atoms with van der Waals surface area (Å²) < 4.78 is 29.4. The molecule has 8 nitrogen and oxygen atoms in total. The lowest BCUT2D eigenvalue weighted by Gasteiger charge is -2.27. The zero-order chi connectivity index (χ0) is 20.1. The lowest BCUT2D eigenvalue weighted by molar-refractivity contribution is -0.137. The fourth-order valence-electron chi connectivity index (χ4n) is 2.83. The van der Waals surface area contributed by atoms with Gasteiger partial charge in [0.2, 0.25) is 0 Å². The number of hydrogen-bond donors (Lipinski definition) is 0. The van der Waals surface area contributed by atoms with Gasteiger partial charge in [0, 0.05) is 24.9 Å². The quantitative estimate of drug-likeness (QED) is 0.626. The number of hydrogen-bond acceptors (Lipinski definition) is 7. The van der Waals surface area contributed by atoms with E-state index >= 15 is 0 Å². The number of sulfone groups is 1. The van der Waals surface area contributed by atoms with Gasteiger partial charge in [-0.3, -0.25) is 14.6 Å². The zero-order valence-electron chi connectivity index (χ0n) is 15.4. The molecule has 3 rings (SSSR count). The summed E-state index contributed by atoms with van der Waals surface area (Å²) >= 11 is 1.24. The van der Waals surface area contributed by atoms with Gasteiger partial charge in [0.15, 0.2) is 15.5 Å². The van der Waals surface area contributed by atoms with Crippen LogP contribution in [0.1, 0.15) is 22.7 Å². The molecule has 1 saturated heterocycles. The fourth-order valence-corrected chi connectivity index (χ4v) is 5.45. The van der Waals surface area contributed by atoms with Gasteiger partial charge in [0.05, 0.1) is 16.4 Å². The Labute approximate surface area is 167 Å². The van der Waals surface area contributed by atoms with Crippen LogP contribution in [0, 0.1) is 6.92 Å². The van der Waals surface area contributed by atoms with Gasteiger partial charge >= 0.3 is 0 Å². The number of rotatable bonds is 7. The predicted molar refractivity (Wildman–Crippen MR) is 104 cm³/mol. The van der Waals surface area contributed by atoms with Crippen molar-refractivity contribution in [2.75, 3.05) is 30.3 Å². The highest BCUT2D eigenvalue weighted by Crippen LogP contribution is 2.18. The number of nitrogens with zero attached hydrogens (tertiary/aromatic N) is 3. The number of aromatic nitrogens is 1. The van der Waals surface area contributed by atoms with Crippen LogP contribution in [0.15, 0.2) is 45.8 Å². The number of carbonyl (C=O) groups is 2. The van der Waals surface area contributed by atoms with Gasteiger partial charge in [-0.1, -0.05) is 23.4 Å². The lowest BCUT2D eigenvalue weighted by Crippen LogP contribution is -2.45. The summed E-state index contributed by atoms with van der Waals surface area (Å²) in [5.74, 6) is 0.276. The van der Waals surface area contributed by atoms with Crippen molar-refractivity contribution in [3.8, 4) is 0 Å². The second-order valence-electron chi connectivity index (χ2n) is 6.31. The summed E-state index contributed by atoms with van der Waals surface area (Å²) in [6.07, 6.45) is 0.682. The molecule has 0 radical (unpaired) electrons. The Balaban J connectivity index is 1.51. The second-order valence-corrected chi connectivity index (χ2v) is 9.52. The van der Waals surface area contributed by atoms with E-state index < -0.39 is 9.84 Å². The van der Waals surface area contributed by atoms with Gasteiger partial charge in [0.25, 0.3) is 11.8 Å². The molecule has 0 spiro atoms. The van der Waals surface area contributed by atoms with Crippen molar-refractivity contribution in [1.82, 2.24) is 15.2 Å². The topological polar surface area (TPSA) is 101 Å². The van der Waals surface area contributed by atoms with Crippen LogP contribution in [0.3, 0.4) is 0 Å². The summed E-state index contributed by atoms with van der Waals surface area (Å²) in [4.78, 5) is 25.3. The molecule has 10 heteroatoms. The molecule has 1 fully saturated rings. The van der Waals surface area contributed by atoms with E-state index in [1.807, 2.05) is 0 Å². The van der Waals surface area contributed by atoms with Crippen molar-refractivity contribution in [3.05, 3.63) is 47.9 Å². The molecule has 150 valence electrons. The first-order valence-electron chi connectivity index (χ1n) is 8.79. The number of hydrazine groups is 1. The van der Waals surface area contributed by atoms with E-state index in [1.165, 1.54) is 27.8 Å². The van der Waals surface area contributed by atoms with Crippen molar-refractivity contribution in [1.29, 1.82) is 0 Å². The van der Waals surface area contributed by atoms with Gasteiger partial charge in [-0.05, 0) is 25.5 Å². The fraction of sp³-hybridized carbons (Fsp3) is 0.389. The van der Waals surface area contributed by atoms with Crippen LogP contribution in [-0.4, -0.2) is 65.8 Å².